The summed E-state index contributed by atoms with van der Waals surface area (Å²) < 4.78 is 39.0. The molecule has 0 saturated heterocycles. The molecule has 7 nitrogen and oxygen atoms in total. The summed E-state index contributed by atoms with van der Waals surface area (Å²) in [5.74, 6) is 0.487. The van der Waals surface area contributed by atoms with Crippen LogP contribution < -0.4 is 9.47 Å². The van der Waals surface area contributed by atoms with Crippen molar-refractivity contribution in [2.24, 2.45) is 0 Å². The molecule has 0 aliphatic heterocycles. The van der Waals surface area contributed by atoms with Gasteiger partial charge >= 0.3 is 0 Å². The first-order valence-corrected chi connectivity index (χ1v) is 8.38. The van der Waals surface area contributed by atoms with E-state index in [1.165, 1.54) is 20.3 Å². The van der Waals surface area contributed by atoms with E-state index in [1.807, 2.05) is 19.1 Å². The van der Waals surface area contributed by atoms with Gasteiger partial charge in [-0.2, -0.15) is 18.4 Å². The highest BCUT2D eigenvalue weighted by molar-refractivity contribution is 7.85. The number of nitrogens with zero attached hydrogens (tertiary/aromatic N) is 2. The number of benzene rings is 1. The molecule has 23 heavy (non-hydrogen) atoms. The third kappa shape index (κ3) is 5.19. The van der Waals surface area contributed by atoms with Gasteiger partial charge < -0.3 is 9.47 Å². The molecule has 0 N–H and O–H groups in total. The minimum atomic E-state index is -3.75. The maximum atomic E-state index is 12.0. The molecular weight excluding hydrogens is 320 g/mol. The van der Waals surface area contributed by atoms with Gasteiger partial charge in [-0.1, -0.05) is 29.8 Å². The van der Waals surface area contributed by atoms with E-state index in [0.717, 1.165) is 5.56 Å². The maximum Gasteiger partial charge on any atom is 0.271 e. The molecule has 0 spiro atoms. The van der Waals surface area contributed by atoms with Crippen molar-refractivity contribution in [1.29, 1.82) is 0 Å². The van der Waals surface area contributed by atoms with Crippen LogP contribution >= 0.6 is 0 Å². The number of aryl methyl sites for hydroxylation is 1. The molecule has 124 valence electrons. The highest BCUT2D eigenvalue weighted by Gasteiger charge is 2.15. The van der Waals surface area contributed by atoms with Crippen LogP contribution in [0.2, 0.25) is 0 Å². The second-order valence-electron chi connectivity index (χ2n) is 4.82. The van der Waals surface area contributed by atoms with Gasteiger partial charge in [-0.3, -0.25) is 4.18 Å². The predicted octanol–water partition coefficient (Wildman–Crippen LogP) is 1.85. The molecule has 1 heterocycles. The van der Waals surface area contributed by atoms with Gasteiger partial charge in [-0.15, -0.1) is 0 Å². The summed E-state index contributed by atoms with van der Waals surface area (Å²) in [6, 6.07) is 8.69. The van der Waals surface area contributed by atoms with Crippen molar-refractivity contribution in [2.75, 3.05) is 14.2 Å². The minimum absolute atomic E-state index is 0.161. The Balaban J connectivity index is 2.05. The lowest BCUT2D eigenvalue weighted by atomic mass is 10.2. The smallest absolute Gasteiger partial charge is 0.271 e. The lowest BCUT2D eigenvalue weighted by molar-refractivity contribution is 0.289. The van der Waals surface area contributed by atoms with Crippen LogP contribution in [0.1, 0.15) is 17.0 Å². The lowest BCUT2D eigenvalue weighted by Gasteiger charge is -2.08. The zero-order valence-electron chi connectivity index (χ0n) is 13.1. The largest absolute Gasteiger partial charge is 0.481 e. The fraction of sp³-hybridized carbons (Fsp3) is 0.333. The van der Waals surface area contributed by atoms with E-state index in [2.05, 4.69) is 9.97 Å². The van der Waals surface area contributed by atoms with E-state index < -0.39 is 10.1 Å². The molecule has 8 heteroatoms. The number of rotatable bonds is 7. The van der Waals surface area contributed by atoms with Gasteiger partial charge in [0.1, 0.15) is 12.4 Å². The van der Waals surface area contributed by atoms with Gasteiger partial charge in [-0.05, 0) is 12.5 Å². The number of methoxy groups -OCH3 is 2. The van der Waals surface area contributed by atoms with E-state index >= 15 is 0 Å². The van der Waals surface area contributed by atoms with Crippen molar-refractivity contribution in [1.82, 2.24) is 9.97 Å². The van der Waals surface area contributed by atoms with Crippen LogP contribution in [0.25, 0.3) is 0 Å². The predicted molar refractivity (Wildman–Crippen MR) is 83.7 cm³/mol. The second-order valence-corrected chi connectivity index (χ2v) is 6.46. The SMILES string of the molecule is COc1cc(OC)nc(COS(=O)(=O)Cc2ccc(C)cc2)n1. The molecule has 2 rings (SSSR count). The Bertz CT molecular complexity index is 738. The van der Waals surface area contributed by atoms with Gasteiger partial charge in [0.15, 0.2) is 5.82 Å². The first-order valence-electron chi connectivity index (χ1n) is 6.80. The molecule has 0 bridgehead atoms. The average molecular weight is 338 g/mol. The molecule has 0 saturated carbocycles. The molecule has 0 radical (unpaired) electrons. The standard InChI is InChI=1S/C15H18N2O5S/c1-11-4-6-12(7-5-11)10-23(18,19)22-9-13-16-14(20-2)8-15(17-13)21-3/h4-8H,9-10H2,1-3H3. The van der Waals surface area contributed by atoms with Crippen LogP contribution in [-0.4, -0.2) is 32.6 Å². The van der Waals surface area contributed by atoms with Gasteiger partial charge in [-0.25, -0.2) is 0 Å². The van der Waals surface area contributed by atoms with Crippen LogP contribution in [0.15, 0.2) is 30.3 Å². The van der Waals surface area contributed by atoms with E-state index in [9.17, 15) is 8.42 Å². The fourth-order valence-electron chi connectivity index (χ4n) is 1.80. The van der Waals surface area contributed by atoms with Crippen LogP contribution in [0, 0.1) is 6.92 Å². The summed E-state index contributed by atoms with van der Waals surface area (Å²) in [4.78, 5) is 8.04. The van der Waals surface area contributed by atoms with Gasteiger partial charge in [0.25, 0.3) is 10.1 Å². The highest BCUT2D eigenvalue weighted by atomic mass is 32.2. The Kier molecular flexibility index (Phi) is 5.51. The van der Waals surface area contributed by atoms with Crippen LogP contribution in [0.5, 0.6) is 11.8 Å². The summed E-state index contributed by atoms with van der Waals surface area (Å²) in [5, 5.41) is 0. The summed E-state index contributed by atoms with van der Waals surface area (Å²) in [5.41, 5.74) is 1.71. The molecular formula is C15H18N2O5S. The van der Waals surface area contributed by atoms with Crippen LogP contribution in [0.4, 0.5) is 0 Å². The second kappa shape index (κ2) is 7.38. The molecule has 2 aromatic rings. The van der Waals surface area contributed by atoms with Crippen molar-refractivity contribution < 1.29 is 22.1 Å². The summed E-state index contributed by atoms with van der Waals surface area (Å²) in [6.07, 6.45) is 0. The van der Waals surface area contributed by atoms with Crippen molar-refractivity contribution in [3.63, 3.8) is 0 Å². The van der Waals surface area contributed by atoms with Crippen molar-refractivity contribution in [2.45, 2.75) is 19.3 Å². The van der Waals surface area contributed by atoms with Crippen molar-refractivity contribution in [3.8, 4) is 11.8 Å². The van der Waals surface area contributed by atoms with E-state index in [-0.39, 0.29) is 29.9 Å². The number of aromatic nitrogens is 2. The van der Waals surface area contributed by atoms with Crippen LogP contribution in [0.3, 0.4) is 0 Å². The fourth-order valence-corrected chi connectivity index (χ4v) is 2.76. The zero-order valence-corrected chi connectivity index (χ0v) is 14.0. The Labute approximate surface area is 135 Å². The highest BCUT2D eigenvalue weighted by Crippen LogP contribution is 2.16. The zero-order chi connectivity index (χ0) is 16.9. The third-order valence-electron chi connectivity index (χ3n) is 2.98. The topological polar surface area (TPSA) is 87.6 Å². The molecule has 1 aromatic carbocycles. The lowest BCUT2D eigenvalue weighted by Crippen LogP contribution is -2.11. The number of ether oxygens (including phenoxy) is 2. The summed E-state index contributed by atoms with van der Waals surface area (Å²) >= 11 is 0. The Morgan fingerprint density at radius 1 is 1.00 bits per heavy atom. The normalized spacial score (nSPS) is 11.3. The Hall–Kier alpha value is -2.19. The first-order chi connectivity index (χ1) is 10.9. The number of hydrogen-bond acceptors (Lipinski definition) is 7. The molecule has 0 amide bonds. The molecule has 0 atom stereocenters. The Morgan fingerprint density at radius 2 is 1.57 bits per heavy atom. The molecule has 0 aliphatic carbocycles. The van der Waals surface area contributed by atoms with Gasteiger partial charge in [0.05, 0.1) is 20.3 Å². The van der Waals surface area contributed by atoms with E-state index in [1.54, 1.807) is 12.1 Å². The quantitative estimate of drug-likeness (QED) is 0.712. The minimum Gasteiger partial charge on any atom is -0.481 e. The van der Waals surface area contributed by atoms with Crippen molar-refractivity contribution >= 4 is 10.1 Å². The summed E-state index contributed by atoms with van der Waals surface area (Å²) in [6.45, 7) is 1.64. The maximum absolute atomic E-state index is 12.0. The van der Waals surface area contributed by atoms with E-state index in [0.29, 0.717) is 5.56 Å². The van der Waals surface area contributed by atoms with Crippen molar-refractivity contribution in [3.05, 3.63) is 47.3 Å². The molecule has 1 aromatic heterocycles. The number of hydrogen-bond donors (Lipinski definition) is 0. The van der Waals surface area contributed by atoms with Gasteiger partial charge in [0.2, 0.25) is 11.8 Å². The molecule has 0 fully saturated rings. The molecule has 0 unspecified atom stereocenters. The van der Waals surface area contributed by atoms with Crippen LogP contribution in [-0.2, 0) is 26.7 Å². The van der Waals surface area contributed by atoms with Gasteiger partial charge in [0, 0.05) is 0 Å². The monoisotopic (exact) mass is 338 g/mol. The Morgan fingerprint density at radius 3 is 2.09 bits per heavy atom. The third-order valence-corrected chi connectivity index (χ3v) is 4.14. The first kappa shape index (κ1) is 17.2. The summed E-state index contributed by atoms with van der Waals surface area (Å²) in [7, 11) is -0.856. The average Bonchev–Trinajstić information content (AvgIpc) is 2.54. The van der Waals surface area contributed by atoms with E-state index in [4.69, 9.17) is 13.7 Å². The molecule has 0 aliphatic rings.